The van der Waals surface area contributed by atoms with Crippen LogP contribution in [-0.2, 0) is 6.54 Å². The molecule has 1 saturated heterocycles. The lowest BCUT2D eigenvalue weighted by Crippen LogP contribution is -2.41. The van der Waals surface area contributed by atoms with Crippen LogP contribution in [0.4, 0.5) is 0 Å². The van der Waals surface area contributed by atoms with E-state index < -0.39 is 0 Å². The van der Waals surface area contributed by atoms with Gasteiger partial charge in [0.25, 0.3) is 5.56 Å². The maximum atomic E-state index is 11.9. The summed E-state index contributed by atoms with van der Waals surface area (Å²) < 4.78 is 1.60. The molecule has 0 spiro atoms. The molecule has 1 fully saturated rings. The van der Waals surface area contributed by atoms with Gasteiger partial charge in [-0.1, -0.05) is 0 Å². The Morgan fingerprint density at radius 3 is 3.00 bits per heavy atom. The molecule has 0 aliphatic carbocycles. The largest absolute Gasteiger partial charge is 0.317 e. The minimum absolute atomic E-state index is 0.0198. The summed E-state index contributed by atoms with van der Waals surface area (Å²) in [4.78, 5) is 19.6. The first-order valence-corrected chi connectivity index (χ1v) is 7.49. The van der Waals surface area contributed by atoms with Crippen molar-refractivity contribution in [1.82, 2.24) is 19.6 Å². The van der Waals surface area contributed by atoms with Gasteiger partial charge in [0.05, 0.1) is 5.69 Å². The molecule has 2 aromatic rings. The Hall–Kier alpha value is -1.24. The number of likely N-dealkylation sites (tertiary alicyclic amines) is 1. The lowest BCUT2D eigenvalue weighted by molar-refractivity contribution is 0.192. The van der Waals surface area contributed by atoms with Crippen LogP contribution in [0.15, 0.2) is 22.4 Å². The Labute approximate surface area is 115 Å². The van der Waals surface area contributed by atoms with Gasteiger partial charge in [-0.2, -0.15) is 0 Å². The average Bonchev–Trinajstić information content (AvgIpc) is 2.88. The monoisotopic (exact) mass is 278 g/mol. The topological polar surface area (TPSA) is 49.6 Å². The molecular weight excluding hydrogens is 260 g/mol. The summed E-state index contributed by atoms with van der Waals surface area (Å²) in [5.74, 6) is 0. The van der Waals surface area contributed by atoms with Crippen molar-refractivity contribution in [2.24, 2.45) is 0 Å². The molecule has 0 amide bonds. The van der Waals surface area contributed by atoms with Gasteiger partial charge in [-0.3, -0.25) is 14.1 Å². The smallest absolute Gasteiger partial charge is 0.258 e. The van der Waals surface area contributed by atoms with E-state index in [1.807, 2.05) is 12.4 Å². The van der Waals surface area contributed by atoms with Gasteiger partial charge in [0, 0.05) is 43.3 Å². The minimum Gasteiger partial charge on any atom is -0.317 e. The zero-order valence-electron chi connectivity index (χ0n) is 11.0. The van der Waals surface area contributed by atoms with E-state index in [9.17, 15) is 4.79 Å². The molecule has 1 N–H and O–H groups in total. The van der Waals surface area contributed by atoms with Crippen LogP contribution < -0.4 is 10.9 Å². The van der Waals surface area contributed by atoms with Crippen LogP contribution in [0.1, 0.15) is 18.5 Å². The fourth-order valence-electron chi connectivity index (χ4n) is 2.58. The van der Waals surface area contributed by atoms with Crippen LogP contribution in [-0.4, -0.2) is 40.5 Å². The second-order valence-corrected chi connectivity index (χ2v) is 5.85. The molecule has 0 bridgehead atoms. The number of nitrogens with zero attached hydrogens (tertiary/aromatic N) is 3. The molecule has 1 aliphatic heterocycles. The highest BCUT2D eigenvalue weighted by molar-refractivity contribution is 7.15. The van der Waals surface area contributed by atoms with E-state index in [0.717, 1.165) is 43.1 Å². The minimum atomic E-state index is 0.0198. The number of hydrogen-bond donors (Lipinski definition) is 1. The first-order chi connectivity index (χ1) is 9.26. The van der Waals surface area contributed by atoms with Crippen molar-refractivity contribution in [3.63, 3.8) is 0 Å². The maximum Gasteiger partial charge on any atom is 0.258 e. The molecule has 0 radical (unpaired) electrons. The number of thiazole rings is 1. The Balaban J connectivity index is 1.73. The van der Waals surface area contributed by atoms with Gasteiger partial charge in [-0.15, -0.1) is 11.3 Å². The van der Waals surface area contributed by atoms with Crippen LogP contribution in [0.25, 0.3) is 4.96 Å². The van der Waals surface area contributed by atoms with Gasteiger partial charge in [-0.05, 0) is 19.9 Å². The van der Waals surface area contributed by atoms with E-state index >= 15 is 0 Å². The highest BCUT2D eigenvalue weighted by atomic mass is 32.1. The summed E-state index contributed by atoms with van der Waals surface area (Å²) in [5.41, 5.74) is 0.904. The van der Waals surface area contributed by atoms with E-state index in [0.29, 0.717) is 6.04 Å². The highest BCUT2D eigenvalue weighted by Crippen LogP contribution is 2.13. The first-order valence-electron chi connectivity index (χ1n) is 6.61. The summed E-state index contributed by atoms with van der Waals surface area (Å²) in [7, 11) is 2.02. The van der Waals surface area contributed by atoms with Crippen molar-refractivity contribution >= 4 is 16.3 Å². The van der Waals surface area contributed by atoms with E-state index in [1.165, 1.54) is 11.3 Å². The van der Waals surface area contributed by atoms with Crippen molar-refractivity contribution in [1.29, 1.82) is 0 Å². The van der Waals surface area contributed by atoms with E-state index in [4.69, 9.17) is 0 Å². The van der Waals surface area contributed by atoms with Crippen molar-refractivity contribution in [3.05, 3.63) is 33.7 Å². The maximum absolute atomic E-state index is 11.9. The summed E-state index contributed by atoms with van der Waals surface area (Å²) >= 11 is 1.51. The molecular formula is C13H18N4OS. The first kappa shape index (κ1) is 12.8. The quantitative estimate of drug-likeness (QED) is 0.908. The lowest BCUT2D eigenvalue weighted by Gasteiger charge is -2.31. The molecule has 3 rings (SSSR count). The average molecular weight is 278 g/mol. The fourth-order valence-corrected chi connectivity index (χ4v) is 3.32. The van der Waals surface area contributed by atoms with Crippen LogP contribution in [0.5, 0.6) is 0 Å². The Morgan fingerprint density at radius 2 is 2.26 bits per heavy atom. The van der Waals surface area contributed by atoms with Crippen molar-refractivity contribution in [2.45, 2.75) is 25.4 Å². The van der Waals surface area contributed by atoms with E-state index in [2.05, 4.69) is 15.2 Å². The van der Waals surface area contributed by atoms with Gasteiger partial charge < -0.3 is 5.32 Å². The number of aromatic nitrogens is 2. The van der Waals surface area contributed by atoms with Crippen molar-refractivity contribution < 1.29 is 0 Å². The molecule has 0 aromatic carbocycles. The fraction of sp³-hybridized carbons (Fsp3) is 0.538. The SMILES string of the molecule is CNC1CCN(Cc2cc(=O)n3ccsc3n2)CC1. The molecule has 3 heterocycles. The summed E-state index contributed by atoms with van der Waals surface area (Å²) in [6.07, 6.45) is 4.10. The Morgan fingerprint density at radius 1 is 1.47 bits per heavy atom. The van der Waals surface area contributed by atoms with Gasteiger partial charge in [-0.25, -0.2) is 4.98 Å². The van der Waals surface area contributed by atoms with Crippen molar-refractivity contribution in [2.75, 3.05) is 20.1 Å². The Kier molecular flexibility index (Phi) is 3.63. The molecule has 0 saturated carbocycles. The summed E-state index contributed by atoms with van der Waals surface area (Å²) in [5, 5.41) is 5.22. The van der Waals surface area contributed by atoms with Crippen LogP contribution in [0.3, 0.4) is 0 Å². The van der Waals surface area contributed by atoms with Crippen molar-refractivity contribution in [3.8, 4) is 0 Å². The second-order valence-electron chi connectivity index (χ2n) is 4.98. The van der Waals surface area contributed by atoms with Gasteiger partial charge in [0.2, 0.25) is 0 Å². The van der Waals surface area contributed by atoms with Gasteiger partial charge >= 0.3 is 0 Å². The molecule has 0 unspecified atom stereocenters. The number of nitrogens with one attached hydrogen (secondary N) is 1. The molecule has 102 valence electrons. The third kappa shape index (κ3) is 2.70. The Bertz CT molecular complexity index is 612. The molecule has 0 atom stereocenters. The van der Waals surface area contributed by atoms with Crippen LogP contribution in [0, 0.1) is 0 Å². The predicted octanol–water partition coefficient (Wildman–Crippen LogP) is 0.940. The van der Waals surface area contributed by atoms with Crippen LogP contribution >= 0.6 is 11.3 Å². The molecule has 5 nitrogen and oxygen atoms in total. The molecule has 19 heavy (non-hydrogen) atoms. The number of fused-ring (bicyclic) bond motifs is 1. The van der Waals surface area contributed by atoms with E-state index in [1.54, 1.807) is 16.7 Å². The zero-order chi connectivity index (χ0) is 13.2. The van der Waals surface area contributed by atoms with Crippen LogP contribution in [0.2, 0.25) is 0 Å². The number of hydrogen-bond acceptors (Lipinski definition) is 5. The standard InChI is InChI=1S/C13H18N4OS/c1-14-10-2-4-16(5-3-10)9-11-8-12(18)17-6-7-19-13(17)15-11/h6-8,10,14H,2-5,9H2,1H3. The predicted molar refractivity (Wildman–Crippen MR) is 76.7 cm³/mol. The van der Waals surface area contributed by atoms with Gasteiger partial charge in [0.15, 0.2) is 4.96 Å². The third-order valence-electron chi connectivity index (χ3n) is 3.74. The molecule has 6 heteroatoms. The summed E-state index contributed by atoms with van der Waals surface area (Å²) in [6, 6.07) is 2.29. The lowest BCUT2D eigenvalue weighted by atomic mass is 10.1. The van der Waals surface area contributed by atoms with Gasteiger partial charge in [0.1, 0.15) is 0 Å². The second kappa shape index (κ2) is 5.40. The zero-order valence-corrected chi connectivity index (χ0v) is 11.8. The highest BCUT2D eigenvalue weighted by Gasteiger charge is 2.18. The molecule has 1 aliphatic rings. The number of rotatable bonds is 3. The third-order valence-corrected chi connectivity index (χ3v) is 4.49. The normalized spacial score (nSPS) is 18.2. The molecule has 2 aromatic heterocycles. The number of piperidine rings is 1. The summed E-state index contributed by atoms with van der Waals surface area (Å²) in [6.45, 7) is 2.91. The van der Waals surface area contributed by atoms with E-state index in [-0.39, 0.29) is 5.56 Å².